The molecule has 7 heteroatoms. The van der Waals surface area contributed by atoms with Gasteiger partial charge in [-0.15, -0.1) is 0 Å². The lowest BCUT2D eigenvalue weighted by atomic mass is 10.0. The van der Waals surface area contributed by atoms with E-state index in [1.165, 1.54) is 0 Å². The zero-order valence-corrected chi connectivity index (χ0v) is 17.1. The van der Waals surface area contributed by atoms with Gasteiger partial charge in [0.25, 0.3) is 0 Å². The lowest BCUT2D eigenvalue weighted by molar-refractivity contribution is -0.119. The Morgan fingerprint density at radius 2 is 1.65 bits per heavy atom. The Balaban J connectivity index is 2.49. The van der Waals surface area contributed by atoms with Crippen LogP contribution in [0.25, 0.3) is 0 Å². The second-order valence-corrected chi connectivity index (χ2v) is 9.08. The Morgan fingerprint density at radius 1 is 1.08 bits per heavy atom. The highest BCUT2D eigenvalue weighted by atomic mass is 32.2. The average Bonchev–Trinajstić information content (AvgIpc) is 2.49. The fourth-order valence-electron chi connectivity index (χ4n) is 2.72. The molecule has 1 rings (SSSR count). The molecule has 146 valence electrons. The van der Waals surface area contributed by atoms with Gasteiger partial charge in [0.1, 0.15) is 5.75 Å². The first-order chi connectivity index (χ1) is 12.0. The molecule has 1 atom stereocenters. The van der Waals surface area contributed by atoms with E-state index in [0.29, 0.717) is 0 Å². The predicted octanol–water partition coefficient (Wildman–Crippen LogP) is 2.66. The first kappa shape index (κ1) is 22.2. The van der Waals surface area contributed by atoms with Gasteiger partial charge in [-0.05, 0) is 51.7 Å². The van der Waals surface area contributed by atoms with E-state index in [9.17, 15) is 18.0 Å². The van der Waals surface area contributed by atoms with E-state index >= 15 is 0 Å². The maximum atomic E-state index is 12.1. The largest absolute Gasteiger partial charge is 0.353 e. The summed E-state index contributed by atoms with van der Waals surface area (Å²) in [6.07, 6.45) is 1.03. The average molecular weight is 383 g/mol. The lowest BCUT2D eigenvalue weighted by Crippen LogP contribution is -2.37. The van der Waals surface area contributed by atoms with Gasteiger partial charge in [-0.1, -0.05) is 24.6 Å². The van der Waals surface area contributed by atoms with Crippen molar-refractivity contribution in [2.45, 2.75) is 59.9 Å². The van der Waals surface area contributed by atoms with Crippen LogP contribution in [0.2, 0.25) is 0 Å². The van der Waals surface area contributed by atoms with Crippen molar-refractivity contribution in [3.8, 4) is 0 Å². The third kappa shape index (κ3) is 7.56. The quantitative estimate of drug-likeness (QED) is 0.687. The number of carbonyl (C=O) groups excluding carboxylic acids is 2. The molecule has 6 nitrogen and oxygen atoms in total. The third-order valence-electron chi connectivity index (χ3n) is 4.17. The third-order valence-corrected chi connectivity index (χ3v) is 5.78. The van der Waals surface area contributed by atoms with Gasteiger partial charge in [-0.2, -0.15) is 0 Å². The summed E-state index contributed by atoms with van der Waals surface area (Å²) in [7, 11) is -3.52. The van der Waals surface area contributed by atoms with Crippen molar-refractivity contribution < 1.29 is 18.0 Å². The molecular formula is C19H30N2O4S. The number of rotatable bonds is 9. The zero-order chi connectivity index (χ0) is 19.9. The molecule has 26 heavy (non-hydrogen) atoms. The molecule has 1 unspecified atom stereocenters. The molecule has 0 aliphatic rings. The SMILES string of the molecule is CCC(C)NC(=O)CS(=O)(=O)CCCC(=O)Nc1c(C)cc(C)cc1C. The summed E-state index contributed by atoms with van der Waals surface area (Å²) in [5.41, 5.74) is 3.85. The van der Waals surface area contributed by atoms with Gasteiger partial charge in [0.2, 0.25) is 11.8 Å². The van der Waals surface area contributed by atoms with Crippen molar-refractivity contribution in [3.05, 3.63) is 28.8 Å². The molecular weight excluding hydrogens is 352 g/mol. The number of nitrogens with one attached hydrogen (secondary N) is 2. The van der Waals surface area contributed by atoms with Crippen LogP contribution in [0.15, 0.2) is 12.1 Å². The van der Waals surface area contributed by atoms with Gasteiger partial charge < -0.3 is 10.6 Å². The fraction of sp³-hybridized carbons (Fsp3) is 0.579. The molecule has 0 aliphatic heterocycles. The van der Waals surface area contributed by atoms with E-state index in [4.69, 9.17) is 0 Å². The van der Waals surface area contributed by atoms with Gasteiger partial charge in [0.05, 0.1) is 5.75 Å². The smallest absolute Gasteiger partial charge is 0.235 e. The Morgan fingerprint density at radius 3 is 2.19 bits per heavy atom. The molecule has 0 fully saturated rings. The van der Waals surface area contributed by atoms with Crippen molar-refractivity contribution >= 4 is 27.3 Å². The van der Waals surface area contributed by atoms with Gasteiger partial charge in [-0.3, -0.25) is 9.59 Å². The number of hydrogen-bond donors (Lipinski definition) is 2. The summed E-state index contributed by atoms with van der Waals surface area (Å²) in [6.45, 7) is 9.58. The first-order valence-corrected chi connectivity index (χ1v) is 10.7. The summed E-state index contributed by atoms with van der Waals surface area (Å²) in [6, 6.07) is 3.93. The van der Waals surface area contributed by atoms with Crippen molar-refractivity contribution in [1.82, 2.24) is 5.32 Å². The minimum atomic E-state index is -3.52. The van der Waals surface area contributed by atoms with Crippen LogP contribution in [0.4, 0.5) is 5.69 Å². The second kappa shape index (κ2) is 9.71. The molecule has 0 saturated heterocycles. The molecule has 0 saturated carbocycles. The van der Waals surface area contributed by atoms with E-state index in [1.54, 1.807) is 0 Å². The van der Waals surface area contributed by atoms with Gasteiger partial charge >= 0.3 is 0 Å². The lowest BCUT2D eigenvalue weighted by Gasteiger charge is -2.13. The summed E-state index contributed by atoms with van der Waals surface area (Å²) >= 11 is 0. The molecule has 2 amide bonds. The Bertz CT molecular complexity index is 734. The van der Waals surface area contributed by atoms with E-state index in [2.05, 4.69) is 10.6 Å². The van der Waals surface area contributed by atoms with Gasteiger partial charge in [0.15, 0.2) is 9.84 Å². The number of amides is 2. The minimum absolute atomic E-state index is 0.0514. The summed E-state index contributed by atoms with van der Waals surface area (Å²) in [5, 5.41) is 5.49. The highest BCUT2D eigenvalue weighted by Crippen LogP contribution is 2.22. The second-order valence-electron chi connectivity index (χ2n) is 6.89. The van der Waals surface area contributed by atoms with Crippen molar-refractivity contribution in [2.24, 2.45) is 0 Å². The van der Waals surface area contributed by atoms with E-state index < -0.39 is 21.5 Å². The summed E-state index contributed by atoms with van der Waals surface area (Å²) in [4.78, 5) is 23.8. The molecule has 0 aromatic heterocycles. The fourth-order valence-corrected chi connectivity index (χ4v) is 3.93. The maximum absolute atomic E-state index is 12.1. The van der Waals surface area contributed by atoms with Crippen LogP contribution in [0.3, 0.4) is 0 Å². The van der Waals surface area contributed by atoms with Gasteiger partial charge in [-0.25, -0.2) is 8.42 Å². The molecule has 2 N–H and O–H groups in total. The Labute approximate surface area is 156 Å². The van der Waals surface area contributed by atoms with Crippen molar-refractivity contribution in [2.75, 3.05) is 16.8 Å². The van der Waals surface area contributed by atoms with E-state index in [1.807, 2.05) is 46.8 Å². The number of hydrogen-bond acceptors (Lipinski definition) is 4. The normalized spacial score (nSPS) is 12.5. The van der Waals surface area contributed by atoms with E-state index in [0.717, 1.165) is 28.8 Å². The van der Waals surface area contributed by atoms with E-state index in [-0.39, 0.29) is 30.5 Å². The monoisotopic (exact) mass is 382 g/mol. The molecule has 0 aliphatic carbocycles. The van der Waals surface area contributed by atoms with Gasteiger partial charge in [0, 0.05) is 18.2 Å². The Kier molecular flexibility index (Phi) is 8.27. The maximum Gasteiger partial charge on any atom is 0.235 e. The molecule has 0 bridgehead atoms. The number of benzene rings is 1. The minimum Gasteiger partial charge on any atom is -0.353 e. The standard InChI is InChI=1S/C19H30N2O4S/c1-6-16(5)20-18(23)12-26(24,25)9-7-8-17(22)21-19-14(3)10-13(2)11-15(19)4/h10-11,16H,6-9,12H2,1-5H3,(H,20,23)(H,21,22). The number of sulfone groups is 1. The van der Waals surface area contributed by atoms with Crippen LogP contribution in [0.5, 0.6) is 0 Å². The van der Waals surface area contributed by atoms with Crippen LogP contribution >= 0.6 is 0 Å². The van der Waals surface area contributed by atoms with Crippen LogP contribution < -0.4 is 10.6 Å². The number of carbonyl (C=O) groups is 2. The highest BCUT2D eigenvalue weighted by Gasteiger charge is 2.18. The van der Waals surface area contributed by atoms with Crippen LogP contribution in [-0.4, -0.2) is 37.8 Å². The predicted molar refractivity (Wildman–Crippen MR) is 105 cm³/mol. The topological polar surface area (TPSA) is 92.3 Å². The van der Waals surface area contributed by atoms with Crippen LogP contribution in [0.1, 0.15) is 49.8 Å². The van der Waals surface area contributed by atoms with Crippen LogP contribution in [-0.2, 0) is 19.4 Å². The highest BCUT2D eigenvalue weighted by molar-refractivity contribution is 7.92. The van der Waals surface area contributed by atoms with Crippen molar-refractivity contribution in [3.63, 3.8) is 0 Å². The Hall–Kier alpha value is -1.89. The van der Waals surface area contributed by atoms with Crippen LogP contribution in [0, 0.1) is 20.8 Å². The molecule has 0 heterocycles. The number of aryl methyl sites for hydroxylation is 3. The van der Waals surface area contributed by atoms with Crippen molar-refractivity contribution in [1.29, 1.82) is 0 Å². The number of anilines is 1. The zero-order valence-electron chi connectivity index (χ0n) is 16.3. The molecule has 0 spiro atoms. The summed E-state index contributed by atoms with van der Waals surface area (Å²) in [5.74, 6) is -1.43. The summed E-state index contributed by atoms with van der Waals surface area (Å²) < 4.78 is 24.0. The molecule has 1 aromatic rings. The first-order valence-electron chi connectivity index (χ1n) is 8.91. The molecule has 0 radical (unpaired) electrons. The molecule has 1 aromatic carbocycles.